The van der Waals surface area contributed by atoms with Crippen LogP contribution in [0, 0.1) is 6.92 Å². The van der Waals surface area contributed by atoms with Gasteiger partial charge in [-0.1, -0.05) is 17.7 Å². The molecule has 1 aromatic heterocycles. The Balaban J connectivity index is 1.79. The van der Waals surface area contributed by atoms with E-state index in [0.29, 0.717) is 0 Å². The number of pyridine rings is 1. The van der Waals surface area contributed by atoms with E-state index in [1.807, 2.05) is 6.07 Å². The van der Waals surface area contributed by atoms with Crippen LogP contribution in [0.5, 0.6) is 0 Å². The summed E-state index contributed by atoms with van der Waals surface area (Å²) in [5.74, 6) is 0.932. The van der Waals surface area contributed by atoms with Crippen molar-refractivity contribution in [2.24, 2.45) is 0 Å². The van der Waals surface area contributed by atoms with Gasteiger partial charge in [-0.05, 0) is 31.2 Å². The molecule has 0 atom stereocenters. The highest BCUT2D eigenvalue weighted by Crippen LogP contribution is 2.23. The van der Waals surface area contributed by atoms with Crippen LogP contribution in [0.4, 0.5) is 0 Å². The van der Waals surface area contributed by atoms with Crippen LogP contribution in [0.3, 0.4) is 0 Å². The van der Waals surface area contributed by atoms with Crippen molar-refractivity contribution in [1.29, 1.82) is 0 Å². The molecule has 0 aliphatic carbocycles. The number of hydrogen-bond acceptors (Lipinski definition) is 4. The molecule has 0 spiro atoms. The third-order valence-corrected chi connectivity index (χ3v) is 4.86. The molecule has 3 nitrogen and oxygen atoms in total. The number of aromatic nitrogens is 1. The van der Waals surface area contributed by atoms with Crippen molar-refractivity contribution in [2.75, 3.05) is 11.5 Å². The lowest BCUT2D eigenvalue weighted by atomic mass is 10.2. The number of rotatable bonds is 6. The lowest BCUT2D eigenvalue weighted by molar-refractivity contribution is 0.0690. The van der Waals surface area contributed by atoms with E-state index in [9.17, 15) is 4.79 Å². The van der Waals surface area contributed by atoms with Gasteiger partial charge in [0.05, 0.1) is 0 Å². The molecule has 20 heavy (non-hydrogen) atoms. The van der Waals surface area contributed by atoms with Gasteiger partial charge in [-0.25, -0.2) is 9.78 Å². The highest BCUT2D eigenvalue weighted by Gasteiger charge is 2.05. The molecule has 0 unspecified atom stereocenters. The molecule has 2 rings (SSSR count). The first-order chi connectivity index (χ1) is 9.65. The van der Waals surface area contributed by atoms with Crippen LogP contribution in [0.1, 0.15) is 16.1 Å². The van der Waals surface area contributed by atoms with Crippen LogP contribution in [0.25, 0.3) is 0 Å². The summed E-state index contributed by atoms with van der Waals surface area (Å²) in [5.41, 5.74) is 1.36. The maximum absolute atomic E-state index is 10.8. The normalized spacial score (nSPS) is 10.4. The topological polar surface area (TPSA) is 50.2 Å². The molecule has 0 aliphatic heterocycles. The average molecular weight is 305 g/mol. The predicted octanol–water partition coefficient (Wildman–Crippen LogP) is 3.97. The van der Waals surface area contributed by atoms with Gasteiger partial charge in [0, 0.05) is 27.5 Å². The smallest absolute Gasteiger partial charge is 0.354 e. The fourth-order valence-electron chi connectivity index (χ4n) is 1.57. The van der Waals surface area contributed by atoms with Crippen molar-refractivity contribution in [3.63, 3.8) is 0 Å². The van der Waals surface area contributed by atoms with Crippen molar-refractivity contribution in [3.8, 4) is 0 Å². The Morgan fingerprint density at radius 2 is 1.75 bits per heavy atom. The number of hydrogen-bond donors (Lipinski definition) is 1. The second kappa shape index (κ2) is 7.36. The molecular weight excluding hydrogens is 290 g/mol. The maximum Gasteiger partial charge on any atom is 0.354 e. The molecule has 0 saturated heterocycles. The number of nitrogens with zero attached hydrogens (tertiary/aromatic N) is 1. The summed E-state index contributed by atoms with van der Waals surface area (Å²) < 4.78 is 0. The predicted molar refractivity (Wildman–Crippen MR) is 83.8 cm³/mol. The number of aromatic carboxylic acids is 1. The number of carboxylic acids is 1. The highest BCUT2D eigenvalue weighted by atomic mass is 32.2. The summed E-state index contributed by atoms with van der Waals surface area (Å²) >= 11 is 3.46. The number of carboxylic acid groups (broad SMARTS) is 1. The lowest BCUT2D eigenvalue weighted by Crippen LogP contribution is -1.99. The monoisotopic (exact) mass is 305 g/mol. The van der Waals surface area contributed by atoms with Crippen molar-refractivity contribution in [3.05, 3.63) is 53.9 Å². The number of benzene rings is 1. The van der Waals surface area contributed by atoms with Crippen LogP contribution in [-0.2, 0) is 0 Å². The molecule has 1 heterocycles. The zero-order valence-corrected chi connectivity index (χ0v) is 12.7. The van der Waals surface area contributed by atoms with Crippen LogP contribution in [0.2, 0.25) is 0 Å². The van der Waals surface area contributed by atoms with Gasteiger partial charge in [0.2, 0.25) is 0 Å². The van der Waals surface area contributed by atoms with Gasteiger partial charge in [-0.2, -0.15) is 0 Å². The molecule has 0 radical (unpaired) electrons. The van der Waals surface area contributed by atoms with Crippen LogP contribution in [-0.4, -0.2) is 27.6 Å². The zero-order valence-electron chi connectivity index (χ0n) is 11.1. The van der Waals surface area contributed by atoms with Gasteiger partial charge in [0.15, 0.2) is 0 Å². The number of thioether (sulfide) groups is 2. The minimum Gasteiger partial charge on any atom is -0.477 e. The van der Waals surface area contributed by atoms with E-state index >= 15 is 0 Å². The summed E-state index contributed by atoms with van der Waals surface area (Å²) in [6.07, 6.45) is 1.54. The molecule has 0 amide bonds. The van der Waals surface area contributed by atoms with E-state index < -0.39 is 5.97 Å². The third kappa shape index (κ3) is 4.58. The number of carbonyl (C=O) groups is 1. The number of aryl methyl sites for hydroxylation is 1. The third-order valence-electron chi connectivity index (χ3n) is 2.59. The van der Waals surface area contributed by atoms with Crippen molar-refractivity contribution >= 4 is 29.5 Å². The summed E-state index contributed by atoms with van der Waals surface area (Å²) in [6.45, 7) is 2.08. The molecule has 0 saturated carbocycles. The van der Waals surface area contributed by atoms with E-state index in [1.54, 1.807) is 35.8 Å². The van der Waals surface area contributed by atoms with Gasteiger partial charge in [-0.3, -0.25) is 0 Å². The van der Waals surface area contributed by atoms with E-state index in [0.717, 1.165) is 16.4 Å². The van der Waals surface area contributed by atoms with Crippen molar-refractivity contribution in [2.45, 2.75) is 16.7 Å². The standard InChI is InChI=1S/C15H15NO2S2/c1-11-2-4-12(5-3-11)19-8-9-20-13-6-7-16-14(10-13)15(17)18/h2-7,10H,8-9H2,1H3,(H,17,18). The molecular formula is C15H15NO2S2. The van der Waals surface area contributed by atoms with E-state index in [1.165, 1.54) is 10.5 Å². The summed E-state index contributed by atoms with van der Waals surface area (Å²) in [6, 6.07) is 11.9. The summed E-state index contributed by atoms with van der Waals surface area (Å²) in [7, 11) is 0. The fraction of sp³-hybridized carbons (Fsp3) is 0.200. The molecule has 104 valence electrons. The quantitative estimate of drug-likeness (QED) is 0.646. The zero-order chi connectivity index (χ0) is 14.4. The first kappa shape index (κ1) is 14.9. The Labute approximate surface area is 126 Å². The van der Waals surface area contributed by atoms with E-state index in [2.05, 4.69) is 36.2 Å². The highest BCUT2D eigenvalue weighted by molar-refractivity contribution is 8.03. The minimum absolute atomic E-state index is 0.0983. The molecule has 0 bridgehead atoms. The molecule has 2 aromatic rings. The lowest BCUT2D eigenvalue weighted by Gasteiger charge is -2.03. The molecule has 0 fully saturated rings. The molecule has 1 aromatic carbocycles. The Bertz CT molecular complexity index is 585. The average Bonchev–Trinajstić information content (AvgIpc) is 2.46. The van der Waals surface area contributed by atoms with E-state index in [4.69, 9.17) is 5.11 Å². The molecule has 5 heteroatoms. The Hall–Kier alpha value is -1.46. The first-order valence-electron chi connectivity index (χ1n) is 6.17. The maximum atomic E-state index is 10.8. The van der Waals surface area contributed by atoms with Crippen molar-refractivity contribution in [1.82, 2.24) is 4.98 Å². The second-order valence-electron chi connectivity index (χ2n) is 4.19. The summed E-state index contributed by atoms with van der Waals surface area (Å²) in [4.78, 5) is 16.8. The van der Waals surface area contributed by atoms with Crippen LogP contribution in [0.15, 0.2) is 52.4 Å². The Morgan fingerprint density at radius 3 is 2.40 bits per heavy atom. The van der Waals surface area contributed by atoms with Crippen LogP contribution >= 0.6 is 23.5 Å². The van der Waals surface area contributed by atoms with E-state index in [-0.39, 0.29) is 5.69 Å². The Morgan fingerprint density at radius 1 is 1.10 bits per heavy atom. The van der Waals surface area contributed by atoms with Gasteiger partial charge < -0.3 is 5.11 Å². The van der Waals surface area contributed by atoms with Gasteiger partial charge >= 0.3 is 5.97 Å². The second-order valence-corrected chi connectivity index (χ2v) is 6.53. The van der Waals surface area contributed by atoms with Gasteiger partial charge in [0.25, 0.3) is 0 Å². The largest absolute Gasteiger partial charge is 0.477 e. The first-order valence-corrected chi connectivity index (χ1v) is 8.14. The molecule has 1 N–H and O–H groups in total. The van der Waals surface area contributed by atoms with Crippen LogP contribution < -0.4 is 0 Å². The fourth-order valence-corrected chi connectivity index (χ4v) is 3.39. The van der Waals surface area contributed by atoms with Gasteiger partial charge in [-0.15, -0.1) is 23.5 Å². The van der Waals surface area contributed by atoms with Gasteiger partial charge in [0.1, 0.15) is 5.69 Å². The minimum atomic E-state index is -0.985. The Kier molecular flexibility index (Phi) is 5.49. The SMILES string of the molecule is Cc1ccc(SCCSc2ccnc(C(=O)O)c2)cc1. The summed E-state index contributed by atoms with van der Waals surface area (Å²) in [5, 5.41) is 8.88. The van der Waals surface area contributed by atoms with Crippen molar-refractivity contribution < 1.29 is 9.90 Å². The molecule has 0 aliphatic rings.